The molecule has 0 amide bonds. The van der Waals surface area contributed by atoms with Crippen molar-refractivity contribution < 1.29 is 15.6 Å². The third-order valence-corrected chi connectivity index (χ3v) is 1.15. The van der Waals surface area contributed by atoms with Crippen LogP contribution in [0.15, 0.2) is 0 Å². The van der Waals surface area contributed by atoms with Crippen molar-refractivity contribution in [2.75, 3.05) is 0 Å². The fourth-order valence-corrected chi connectivity index (χ4v) is 0.558. The first-order valence-electron chi connectivity index (χ1n) is 4.05. The molecular formula is C8H17NO2. The minimum absolute atomic E-state index is 0.278. The van der Waals surface area contributed by atoms with Crippen LogP contribution in [0, 0.1) is 5.92 Å². The average Bonchev–Trinajstić information content (AvgIpc) is 2.45. The first-order chi connectivity index (χ1) is 5.02. The maximum absolute atomic E-state index is 9.74. The smallest absolute Gasteiger partial charge is 0.0786 e. The van der Waals surface area contributed by atoms with Gasteiger partial charge in [-0.05, 0) is 39.0 Å². The molecule has 3 nitrogen and oxygen atoms in total. The van der Waals surface area contributed by atoms with Crippen molar-refractivity contribution >= 4 is 5.97 Å². The number of carbonyl (C=O) groups is 1. The predicted octanol–water partition coefficient (Wildman–Crippen LogP) is -0.827. The lowest BCUT2D eigenvalue weighted by atomic mass is 10.3. The van der Waals surface area contributed by atoms with E-state index in [4.69, 9.17) is 0 Å². The second kappa shape index (κ2) is 5.13. The van der Waals surface area contributed by atoms with Crippen molar-refractivity contribution in [2.45, 2.75) is 39.2 Å². The van der Waals surface area contributed by atoms with Crippen LogP contribution in [0.3, 0.4) is 0 Å². The minimum atomic E-state index is -0.900. The molecule has 3 heteroatoms. The SMILES string of the molecule is CC(C)[NH3+].O=C([O-])CC1CC1. The van der Waals surface area contributed by atoms with Crippen LogP contribution in [0.5, 0.6) is 0 Å². The van der Waals surface area contributed by atoms with E-state index in [1.807, 2.05) is 0 Å². The molecule has 1 saturated carbocycles. The molecule has 0 unspecified atom stereocenters. The summed E-state index contributed by atoms with van der Waals surface area (Å²) in [6, 6.07) is 0.583. The molecule has 11 heavy (non-hydrogen) atoms. The lowest BCUT2D eigenvalue weighted by Gasteiger charge is -1.94. The van der Waals surface area contributed by atoms with Crippen LogP contribution in [-0.2, 0) is 4.79 Å². The summed E-state index contributed by atoms with van der Waals surface area (Å²) in [5.41, 5.74) is 3.64. The summed E-state index contributed by atoms with van der Waals surface area (Å²) in [7, 11) is 0. The molecule has 0 aliphatic heterocycles. The standard InChI is InChI=1S/C5H8O2.C3H9N/c6-5(7)3-4-1-2-4;1-3(2)4/h4H,1-3H2,(H,6,7);3H,4H2,1-2H3. The zero-order valence-electron chi connectivity index (χ0n) is 7.30. The lowest BCUT2D eigenvalue weighted by molar-refractivity contribution is -0.407. The number of aliphatic carboxylic acids is 1. The number of quaternary nitrogens is 1. The summed E-state index contributed by atoms with van der Waals surface area (Å²) in [5.74, 6) is -0.438. The van der Waals surface area contributed by atoms with Crippen molar-refractivity contribution in [1.82, 2.24) is 0 Å². The Morgan fingerprint density at radius 2 is 2.00 bits per heavy atom. The highest BCUT2D eigenvalue weighted by Crippen LogP contribution is 2.31. The van der Waals surface area contributed by atoms with Crippen molar-refractivity contribution in [3.05, 3.63) is 0 Å². The van der Waals surface area contributed by atoms with Gasteiger partial charge in [0, 0.05) is 5.97 Å². The average molecular weight is 159 g/mol. The van der Waals surface area contributed by atoms with E-state index in [9.17, 15) is 9.90 Å². The van der Waals surface area contributed by atoms with Gasteiger partial charge >= 0.3 is 0 Å². The van der Waals surface area contributed by atoms with Crippen LogP contribution in [0.1, 0.15) is 33.1 Å². The first kappa shape index (κ1) is 10.4. The number of hydrogen-bond donors (Lipinski definition) is 1. The van der Waals surface area contributed by atoms with Gasteiger partial charge in [-0.1, -0.05) is 0 Å². The quantitative estimate of drug-likeness (QED) is 0.571. The Kier molecular flexibility index (Phi) is 4.86. The Morgan fingerprint density at radius 1 is 1.64 bits per heavy atom. The van der Waals surface area contributed by atoms with Gasteiger partial charge in [0.2, 0.25) is 0 Å². The van der Waals surface area contributed by atoms with Crippen molar-refractivity contribution in [2.24, 2.45) is 5.92 Å². The summed E-state index contributed by atoms with van der Waals surface area (Å²) in [6.07, 6.45) is 2.46. The van der Waals surface area contributed by atoms with Gasteiger partial charge in [0.05, 0.1) is 6.04 Å². The summed E-state index contributed by atoms with van der Waals surface area (Å²) in [4.78, 5) is 9.74. The third-order valence-electron chi connectivity index (χ3n) is 1.15. The van der Waals surface area contributed by atoms with E-state index in [2.05, 4.69) is 19.6 Å². The zero-order chi connectivity index (χ0) is 8.85. The van der Waals surface area contributed by atoms with Gasteiger partial charge in [-0.2, -0.15) is 0 Å². The number of carboxylic acid groups (broad SMARTS) is 1. The van der Waals surface area contributed by atoms with E-state index in [1.165, 1.54) is 0 Å². The van der Waals surface area contributed by atoms with Gasteiger partial charge in [-0.25, -0.2) is 0 Å². The van der Waals surface area contributed by atoms with Crippen LogP contribution in [-0.4, -0.2) is 12.0 Å². The topological polar surface area (TPSA) is 67.8 Å². The Morgan fingerprint density at radius 3 is 2.09 bits per heavy atom. The van der Waals surface area contributed by atoms with Gasteiger partial charge in [0.25, 0.3) is 0 Å². The molecule has 1 rings (SSSR count). The minimum Gasteiger partial charge on any atom is -0.550 e. The summed E-state index contributed by atoms with van der Waals surface area (Å²) < 4.78 is 0. The second-order valence-corrected chi connectivity index (χ2v) is 3.41. The van der Waals surface area contributed by atoms with Crippen molar-refractivity contribution in [3.8, 4) is 0 Å². The summed E-state index contributed by atoms with van der Waals surface area (Å²) >= 11 is 0. The molecule has 66 valence electrons. The van der Waals surface area contributed by atoms with Crippen LogP contribution < -0.4 is 10.8 Å². The predicted molar refractivity (Wildman–Crippen MR) is 40.4 cm³/mol. The van der Waals surface area contributed by atoms with E-state index in [0.29, 0.717) is 12.0 Å². The molecule has 0 radical (unpaired) electrons. The largest absolute Gasteiger partial charge is 0.550 e. The molecule has 1 aliphatic rings. The van der Waals surface area contributed by atoms with E-state index in [0.717, 1.165) is 12.8 Å². The molecule has 3 N–H and O–H groups in total. The molecule has 0 spiro atoms. The van der Waals surface area contributed by atoms with Gasteiger partial charge < -0.3 is 15.6 Å². The molecular weight excluding hydrogens is 142 g/mol. The summed E-state index contributed by atoms with van der Waals surface area (Å²) in [6.45, 7) is 4.11. The number of carbonyl (C=O) groups excluding carboxylic acids is 1. The van der Waals surface area contributed by atoms with E-state index >= 15 is 0 Å². The number of hydrogen-bond acceptors (Lipinski definition) is 2. The van der Waals surface area contributed by atoms with Gasteiger partial charge in [-0.3, -0.25) is 0 Å². The van der Waals surface area contributed by atoms with Crippen LogP contribution in [0.4, 0.5) is 0 Å². The molecule has 1 fully saturated rings. The van der Waals surface area contributed by atoms with Gasteiger partial charge in [0.15, 0.2) is 0 Å². The molecule has 0 aromatic carbocycles. The highest BCUT2D eigenvalue weighted by Gasteiger charge is 2.20. The van der Waals surface area contributed by atoms with Crippen LogP contribution >= 0.6 is 0 Å². The van der Waals surface area contributed by atoms with Gasteiger partial charge in [0.1, 0.15) is 0 Å². The maximum Gasteiger partial charge on any atom is 0.0786 e. The zero-order valence-corrected chi connectivity index (χ0v) is 7.30. The Balaban J connectivity index is 0.000000218. The molecule has 0 aromatic rings. The Hall–Kier alpha value is -0.570. The highest BCUT2D eigenvalue weighted by molar-refractivity contribution is 5.64. The van der Waals surface area contributed by atoms with E-state index in [-0.39, 0.29) is 6.42 Å². The van der Waals surface area contributed by atoms with Gasteiger partial charge in [-0.15, -0.1) is 0 Å². The molecule has 0 aromatic heterocycles. The molecule has 1 aliphatic carbocycles. The highest BCUT2D eigenvalue weighted by atomic mass is 16.4. The van der Waals surface area contributed by atoms with Crippen LogP contribution in [0.25, 0.3) is 0 Å². The number of rotatable bonds is 2. The number of carboxylic acids is 1. The van der Waals surface area contributed by atoms with Crippen molar-refractivity contribution in [3.63, 3.8) is 0 Å². The second-order valence-electron chi connectivity index (χ2n) is 3.41. The normalized spacial score (nSPS) is 15.6. The maximum atomic E-state index is 9.74. The lowest BCUT2D eigenvalue weighted by Crippen LogP contribution is -2.57. The van der Waals surface area contributed by atoms with E-state index in [1.54, 1.807) is 0 Å². The van der Waals surface area contributed by atoms with Crippen molar-refractivity contribution in [1.29, 1.82) is 0 Å². The molecule has 0 saturated heterocycles. The molecule has 0 bridgehead atoms. The monoisotopic (exact) mass is 159 g/mol. The molecule has 0 atom stereocenters. The fourth-order valence-electron chi connectivity index (χ4n) is 0.558. The first-order valence-corrected chi connectivity index (χ1v) is 4.05. The van der Waals surface area contributed by atoms with E-state index < -0.39 is 5.97 Å². The van der Waals surface area contributed by atoms with Crippen LogP contribution in [0.2, 0.25) is 0 Å². The third kappa shape index (κ3) is 12.6. The Bertz CT molecular complexity index is 117. The molecule has 0 heterocycles. The summed E-state index contributed by atoms with van der Waals surface area (Å²) in [5, 5.41) is 9.74. The Labute approximate surface area is 67.6 Å². The fraction of sp³-hybridized carbons (Fsp3) is 0.875.